The molecule has 0 aromatic carbocycles. The molecule has 252 valence electrons. The van der Waals surface area contributed by atoms with Crippen molar-refractivity contribution in [2.75, 3.05) is 7.11 Å². The molecule has 0 amide bonds. The summed E-state index contributed by atoms with van der Waals surface area (Å²) in [5.74, 6) is 5.41. The highest BCUT2D eigenvalue weighted by Gasteiger charge is 2.16. The Kier molecular flexibility index (Phi) is 25.8. The predicted octanol–water partition coefficient (Wildman–Crippen LogP) is 14.4. The van der Waals surface area contributed by atoms with Gasteiger partial charge in [0.05, 0.1) is 5.60 Å². The van der Waals surface area contributed by atoms with Gasteiger partial charge in [-0.05, 0) is 82.5 Å². The van der Waals surface area contributed by atoms with E-state index in [-0.39, 0.29) is 5.60 Å². The topological polar surface area (TPSA) is 9.23 Å². The summed E-state index contributed by atoms with van der Waals surface area (Å²) < 4.78 is 5.57. The molecule has 0 rings (SSSR count). The fourth-order valence-electron chi connectivity index (χ4n) is 6.75. The molecule has 0 aliphatic carbocycles. The lowest BCUT2D eigenvalue weighted by atomic mass is 9.89. The number of allylic oxidation sites excluding steroid dienone is 2. The third kappa shape index (κ3) is 27.3. The summed E-state index contributed by atoms with van der Waals surface area (Å²) in [4.78, 5) is 0. The van der Waals surface area contributed by atoms with Crippen LogP contribution in [0.4, 0.5) is 0 Å². The van der Waals surface area contributed by atoms with Gasteiger partial charge in [-0.1, -0.05) is 169 Å². The summed E-state index contributed by atoms with van der Waals surface area (Å²) in [6.07, 6.45) is 31.8. The molecule has 6 unspecified atom stereocenters. The highest BCUT2D eigenvalue weighted by molar-refractivity contribution is 4.92. The molecule has 0 bridgehead atoms. The summed E-state index contributed by atoms with van der Waals surface area (Å²) in [6, 6.07) is 0. The van der Waals surface area contributed by atoms with Gasteiger partial charge in [0.15, 0.2) is 0 Å². The second-order valence-electron chi connectivity index (χ2n) is 16.4. The third-order valence-electron chi connectivity index (χ3n) is 10.5. The molecule has 0 saturated carbocycles. The van der Waals surface area contributed by atoms with Crippen LogP contribution in [0, 0.1) is 35.5 Å². The van der Waals surface area contributed by atoms with E-state index in [9.17, 15) is 0 Å². The van der Waals surface area contributed by atoms with Crippen molar-refractivity contribution in [3.8, 4) is 0 Å². The second kappa shape index (κ2) is 26.0. The van der Waals surface area contributed by atoms with Gasteiger partial charge >= 0.3 is 0 Å². The largest absolute Gasteiger partial charge is 0.379 e. The van der Waals surface area contributed by atoms with Crippen LogP contribution >= 0.6 is 0 Å². The normalized spacial score (nSPS) is 16.5. The van der Waals surface area contributed by atoms with Crippen molar-refractivity contribution in [2.24, 2.45) is 35.5 Å². The van der Waals surface area contributed by atoms with Gasteiger partial charge in [0.2, 0.25) is 0 Å². The molecule has 0 aliphatic heterocycles. The zero-order valence-corrected chi connectivity index (χ0v) is 31.3. The zero-order valence-electron chi connectivity index (χ0n) is 31.3. The van der Waals surface area contributed by atoms with E-state index in [1.54, 1.807) is 0 Å². The minimum absolute atomic E-state index is 0.0479. The average molecular weight is 591 g/mol. The lowest BCUT2D eigenvalue weighted by Gasteiger charge is -2.23. The van der Waals surface area contributed by atoms with Crippen LogP contribution in [-0.2, 0) is 4.74 Å². The minimum Gasteiger partial charge on any atom is -0.379 e. The molecule has 1 heteroatoms. The Morgan fingerprint density at radius 1 is 0.476 bits per heavy atom. The monoisotopic (exact) mass is 591 g/mol. The molecular weight excluding hydrogens is 508 g/mol. The number of hydrogen-bond acceptors (Lipinski definition) is 1. The molecule has 0 N–H and O–H groups in total. The van der Waals surface area contributed by atoms with E-state index < -0.39 is 0 Å². The van der Waals surface area contributed by atoms with Crippen LogP contribution in [0.2, 0.25) is 0 Å². The maximum absolute atomic E-state index is 5.57. The Morgan fingerprint density at radius 3 is 1.07 bits per heavy atom. The fourth-order valence-corrected chi connectivity index (χ4v) is 6.75. The van der Waals surface area contributed by atoms with Gasteiger partial charge in [0.25, 0.3) is 0 Å². The Balaban J connectivity index is 3.68. The highest BCUT2D eigenvalue weighted by atomic mass is 16.5. The zero-order chi connectivity index (χ0) is 31.8. The molecule has 0 aromatic heterocycles. The molecule has 0 radical (unpaired) electrons. The van der Waals surface area contributed by atoms with Crippen LogP contribution in [0.5, 0.6) is 0 Å². The summed E-state index contributed by atoms with van der Waals surface area (Å²) in [7, 11) is 1.84. The maximum Gasteiger partial charge on any atom is 0.0622 e. The number of rotatable bonds is 29. The molecule has 1 nitrogen and oxygen atoms in total. The van der Waals surface area contributed by atoms with Crippen molar-refractivity contribution in [3.63, 3.8) is 0 Å². The Bertz CT molecular complexity index is 614. The minimum atomic E-state index is 0.0479. The first-order valence-corrected chi connectivity index (χ1v) is 19.0. The van der Waals surface area contributed by atoms with Gasteiger partial charge in [-0.3, -0.25) is 0 Å². The van der Waals surface area contributed by atoms with Gasteiger partial charge in [-0.2, -0.15) is 0 Å². The van der Waals surface area contributed by atoms with Gasteiger partial charge in [-0.15, -0.1) is 0 Å². The van der Waals surface area contributed by atoms with Crippen molar-refractivity contribution < 1.29 is 4.74 Å². The molecule has 0 heterocycles. The fraction of sp³-hybridized carbons (Fsp3) is 0.951. The summed E-state index contributed by atoms with van der Waals surface area (Å²) in [6.45, 7) is 23.8. The van der Waals surface area contributed by atoms with E-state index >= 15 is 0 Å². The van der Waals surface area contributed by atoms with Crippen LogP contribution in [-0.4, -0.2) is 12.7 Å². The van der Waals surface area contributed by atoms with Crippen LogP contribution in [0.3, 0.4) is 0 Å². The Labute approximate surface area is 268 Å². The molecular formula is C41H82O. The molecule has 0 fully saturated rings. The van der Waals surface area contributed by atoms with Crippen molar-refractivity contribution >= 4 is 0 Å². The molecule has 42 heavy (non-hydrogen) atoms. The van der Waals surface area contributed by atoms with Crippen LogP contribution in [0.1, 0.15) is 204 Å². The molecule has 0 spiro atoms. The van der Waals surface area contributed by atoms with Gasteiger partial charge in [0.1, 0.15) is 0 Å². The van der Waals surface area contributed by atoms with Crippen molar-refractivity contribution in [1.82, 2.24) is 0 Å². The van der Waals surface area contributed by atoms with Crippen LogP contribution < -0.4 is 0 Å². The van der Waals surface area contributed by atoms with E-state index in [1.807, 2.05) is 7.11 Å². The van der Waals surface area contributed by atoms with Gasteiger partial charge < -0.3 is 4.74 Å². The summed E-state index contributed by atoms with van der Waals surface area (Å²) >= 11 is 0. The third-order valence-corrected chi connectivity index (χ3v) is 10.5. The Morgan fingerprint density at radius 2 is 0.762 bits per heavy atom. The van der Waals surface area contributed by atoms with Crippen LogP contribution in [0.25, 0.3) is 0 Å². The molecule has 0 saturated heterocycles. The predicted molar refractivity (Wildman–Crippen MR) is 192 cm³/mol. The molecule has 6 atom stereocenters. The Hall–Kier alpha value is -0.300. The first-order valence-electron chi connectivity index (χ1n) is 19.0. The van der Waals surface area contributed by atoms with Gasteiger partial charge in [0, 0.05) is 7.11 Å². The quantitative estimate of drug-likeness (QED) is 0.0622. The first kappa shape index (κ1) is 41.7. The van der Waals surface area contributed by atoms with E-state index in [0.29, 0.717) is 0 Å². The lowest BCUT2D eigenvalue weighted by Crippen LogP contribution is -2.22. The maximum atomic E-state index is 5.57. The van der Waals surface area contributed by atoms with Crippen molar-refractivity contribution in [1.29, 1.82) is 0 Å². The van der Waals surface area contributed by atoms with Crippen molar-refractivity contribution in [2.45, 2.75) is 210 Å². The second-order valence-corrected chi connectivity index (χ2v) is 16.4. The summed E-state index contributed by atoms with van der Waals surface area (Å²) in [5, 5.41) is 0. The van der Waals surface area contributed by atoms with Gasteiger partial charge in [-0.25, -0.2) is 0 Å². The molecule has 0 aliphatic rings. The van der Waals surface area contributed by atoms with Crippen LogP contribution in [0.15, 0.2) is 11.6 Å². The number of methoxy groups -OCH3 is 1. The number of hydrogen-bond donors (Lipinski definition) is 0. The highest BCUT2D eigenvalue weighted by Crippen LogP contribution is 2.26. The number of ether oxygens (including phenoxy) is 1. The molecule has 0 aromatic rings. The average Bonchev–Trinajstić information content (AvgIpc) is 2.91. The smallest absolute Gasteiger partial charge is 0.0622 e. The SMILES string of the molecule is COC(C)(C)CCCC(C)CCCC(C)CCCC(C)CCCCC(C)CCCC(C)CCCC(C)CCC=C(C)C. The standard InChI is InChI=1S/C41H82O/c1-34(2)20-14-23-37(5)26-17-29-38(6)27-15-24-35(3)21-12-13-22-36(4)25-16-28-39(7)30-18-31-40(8)32-19-33-41(9,10)42-11/h20,35-40H,12-19,21-33H2,1-11H3. The number of unbranched alkanes of at least 4 members (excludes halogenated alkanes) is 1. The van der Waals surface area contributed by atoms with E-state index in [0.717, 1.165) is 35.5 Å². The van der Waals surface area contributed by atoms with Crippen molar-refractivity contribution in [3.05, 3.63) is 11.6 Å². The lowest BCUT2D eigenvalue weighted by molar-refractivity contribution is 0.0127. The van der Waals surface area contributed by atoms with E-state index in [2.05, 4.69) is 75.3 Å². The van der Waals surface area contributed by atoms with E-state index in [1.165, 1.54) is 140 Å². The van der Waals surface area contributed by atoms with E-state index in [4.69, 9.17) is 4.74 Å². The summed E-state index contributed by atoms with van der Waals surface area (Å²) in [5.41, 5.74) is 1.52. The first-order chi connectivity index (χ1) is 19.8.